The Hall–Kier alpha value is -1.00. The average Bonchev–Trinajstić information content (AvgIpc) is 2.32. The molecule has 3 nitrogen and oxygen atoms in total. The molecule has 5 heteroatoms. The lowest BCUT2D eigenvalue weighted by Gasteiger charge is -2.33. The van der Waals surface area contributed by atoms with E-state index >= 15 is 0 Å². The predicted octanol–water partition coefficient (Wildman–Crippen LogP) is 1.32. The molecule has 60 valence electrons. The molecule has 0 unspecified atom stereocenters. The Labute approximate surface area is 61.8 Å². The van der Waals surface area contributed by atoms with E-state index in [1.54, 1.807) is 6.20 Å². The van der Waals surface area contributed by atoms with Crippen molar-refractivity contribution in [2.24, 2.45) is 0 Å². The summed E-state index contributed by atoms with van der Waals surface area (Å²) in [7, 11) is 0. The SMILES string of the molecule is FC1(F)CC(c2c[nH]nn2)C1. The lowest BCUT2D eigenvalue weighted by molar-refractivity contribution is -0.0876. The van der Waals surface area contributed by atoms with Crippen LogP contribution in [-0.2, 0) is 0 Å². The normalized spacial score (nSPS) is 23.1. The molecule has 1 aliphatic carbocycles. The van der Waals surface area contributed by atoms with Crippen LogP contribution >= 0.6 is 0 Å². The Morgan fingerprint density at radius 1 is 1.55 bits per heavy atom. The first-order chi connectivity index (χ1) is 5.17. The lowest BCUT2D eigenvalue weighted by atomic mass is 9.79. The van der Waals surface area contributed by atoms with Gasteiger partial charge in [0.2, 0.25) is 5.92 Å². The summed E-state index contributed by atoms with van der Waals surface area (Å²) in [5.74, 6) is -2.56. The summed E-state index contributed by atoms with van der Waals surface area (Å²) in [6.45, 7) is 0. The molecule has 0 saturated heterocycles. The summed E-state index contributed by atoms with van der Waals surface area (Å²) in [5, 5.41) is 9.62. The van der Waals surface area contributed by atoms with Gasteiger partial charge in [0.05, 0.1) is 5.69 Å². The Balaban J connectivity index is 2.03. The molecule has 1 fully saturated rings. The molecule has 0 amide bonds. The first-order valence-corrected chi connectivity index (χ1v) is 3.41. The Morgan fingerprint density at radius 3 is 2.73 bits per heavy atom. The second kappa shape index (κ2) is 1.99. The van der Waals surface area contributed by atoms with Gasteiger partial charge in [-0.15, -0.1) is 5.10 Å². The zero-order valence-electron chi connectivity index (χ0n) is 5.72. The van der Waals surface area contributed by atoms with Crippen molar-refractivity contribution in [3.8, 4) is 0 Å². The van der Waals surface area contributed by atoms with Gasteiger partial charge in [0.25, 0.3) is 0 Å². The van der Waals surface area contributed by atoms with E-state index in [4.69, 9.17) is 0 Å². The number of nitrogens with one attached hydrogen (secondary N) is 1. The molecule has 0 atom stereocenters. The number of hydrogen-bond donors (Lipinski definition) is 1. The van der Waals surface area contributed by atoms with Crippen LogP contribution < -0.4 is 0 Å². The van der Waals surface area contributed by atoms with Crippen LogP contribution in [0, 0.1) is 0 Å². The van der Waals surface area contributed by atoms with Gasteiger partial charge in [-0.1, -0.05) is 5.21 Å². The topological polar surface area (TPSA) is 41.6 Å². The Kier molecular flexibility index (Phi) is 1.21. The van der Waals surface area contributed by atoms with Crippen molar-refractivity contribution in [3.63, 3.8) is 0 Å². The van der Waals surface area contributed by atoms with E-state index in [2.05, 4.69) is 15.4 Å². The minimum Gasteiger partial charge on any atom is -0.265 e. The third-order valence-corrected chi connectivity index (χ3v) is 1.94. The molecule has 0 aromatic carbocycles. The lowest BCUT2D eigenvalue weighted by Crippen LogP contribution is -2.33. The maximum Gasteiger partial charge on any atom is 0.249 e. The largest absolute Gasteiger partial charge is 0.265 e. The van der Waals surface area contributed by atoms with E-state index in [-0.39, 0.29) is 18.8 Å². The van der Waals surface area contributed by atoms with Gasteiger partial charge >= 0.3 is 0 Å². The van der Waals surface area contributed by atoms with Crippen LogP contribution in [0.4, 0.5) is 8.78 Å². The first kappa shape index (κ1) is 6.69. The quantitative estimate of drug-likeness (QED) is 0.671. The average molecular weight is 159 g/mol. The van der Waals surface area contributed by atoms with Gasteiger partial charge in [0, 0.05) is 25.0 Å². The van der Waals surface area contributed by atoms with Crippen molar-refractivity contribution < 1.29 is 8.78 Å². The van der Waals surface area contributed by atoms with Crippen molar-refractivity contribution in [2.75, 3.05) is 0 Å². The zero-order chi connectivity index (χ0) is 7.90. The minimum absolute atomic E-state index is 0.0838. The fraction of sp³-hybridized carbons (Fsp3) is 0.667. The summed E-state index contributed by atoms with van der Waals surface area (Å²) in [6.07, 6.45) is 1.40. The molecule has 0 spiro atoms. The first-order valence-electron chi connectivity index (χ1n) is 3.41. The summed E-state index contributed by atoms with van der Waals surface area (Å²) < 4.78 is 24.6. The van der Waals surface area contributed by atoms with E-state index in [0.29, 0.717) is 5.69 Å². The molecule has 1 saturated carbocycles. The highest BCUT2D eigenvalue weighted by molar-refractivity contribution is 5.09. The van der Waals surface area contributed by atoms with Crippen LogP contribution in [-0.4, -0.2) is 21.3 Å². The number of alkyl halides is 2. The summed E-state index contributed by atoms with van der Waals surface area (Å²) in [4.78, 5) is 0. The Morgan fingerprint density at radius 2 is 2.27 bits per heavy atom. The molecule has 1 aliphatic rings. The molecule has 1 N–H and O–H groups in total. The maximum absolute atomic E-state index is 12.3. The van der Waals surface area contributed by atoms with Gasteiger partial charge in [-0.25, -0.2) is 8.78 Å². The molecule has 0 bridgehead atoms. The highest BCUT2D eigenvalue weighted by Gasteiger charge is 2.46. The molecule has 1 aromatic heterocycles. The van der Waals surface area contributed by atoms with Crippen molar-refractivity contribution in [2.45, 2.75) is 24.7 Å². The molecular weight excluding hydrogens is 152 g/mol. The van der Waals surface area contributed by atoms with Crippen LogP contribution in [0.3, 0.4) is 0 Å². The monoisotopic (exact) mass is 159 g/mol. The number of rotatable bonds is 1. The third kappa shape index (κ3) is 1.10. The van der Waals surface area contributed by atoms with E-state index in [0.717, 1.165) is 0 Å². The van der Waals surface area contributed by atoms with Crippen molar-refractivity contribution >= 4 is 0 Å². The second-order valence-electron chi connectivity index (χ2n) is 2.86. The van der Waals surface area contributed by atoms with Crippen LogP contribution in [0.1, 0.15) is 24.5 Å². The predicted molar refractivity (Wildman–Crippen MR) is 33.3 cm³/mol. The molecule has 0 radical (unpaired) electrons. The van der Waals surface area contributed by atoms with Gasteiger partial charge in [0.1, 0.15) is 0 Å². The highest BCUT2D eigenvalue weighted by Crippen LogP contribution is 2.47. The molecule has 0 aliphatic heterocycles. The van der Waals surface area contributed by atoms with Gasteiger partial charge in [0.15, 0.2) is 0 Å². The van der Waals surface area contributed by atoms with Crippen LogP contribution in [0.15, 0.2) is 6.20 Å². The number of H-pyrrole nitrogens is 1. The van der Waals surface area contributed by atoms with Crippen LogP contribution in [0.2, 0.25) is 0 Å². The number of hydrogen-bond acceptors (Lipinski definition) is 2. The van der Waals surface area contributed by atoms with Gasteiger partial charge < -0.3 is 0 Å². The molecule has 1 heterocycles. The van der Waals surface area contributed by atoms with E-state index < -0.39 is 5.92 Å². The minimum atomic E-state index is -2.47. The highest BCUT2D eigenvalue weighted by atomic mass is 19.3. The van der Waals surface area contributed by atoms with Crippen molar-refractivity contribution in [1.82, 2.24) is 15.4 Å². The van der Waals surface area contributed by atoms with Gasteiger partial charge in [-0.05, 0) is 0 Å². The fourth-order valence-electron chi connectivity index (χ4n) is 1.28. The summed E-state index contributed by atoms with van der Waals surface area (Å²) in [5.41, 5.74) is 0.649. The van der Waals surface area contributed by atoms with Gasteiger partial charge in [-0.3, -0.25) is 5.10 Å². The fourth-order valence-corrected chi connectivity index (χ4v) is 1.28. The smallest absolute Gasteiger partial charge is 0.249 e. The molecular formula is C6H7F2N3. The van der Waals surface area contributed by atoms with Crippen LogP contribution in [0.25, 0.3) is 0 Å². The molecule has 2 rings (SSSR count). The second-order valence-corrected chi connectivity index (χ2v) is 2.86. The Bertz CT molecular complexity index is 236. The number of aromatic amines is 1. The number of halogens is 2. The summed E-state index contributed by atoms with van der Waals surface area (Å²) >= 11 is 0. The number of nitrogens with zero attached hydrogens (tertiary/aromatic N) is 2. The number of aromatic nitrogens is 3. The molecule has 11 heavy (non-hydrogen) atoms. The van der Waals surface area contributed by atoms with Crippen molar-refractivity contribution in [3.05, 3.63) is 11.9 Å². The van der Waals surface area contributed by atoms with Crippen LogP contribution in [0.5, 0.6) is 0 Å². The van der Waals surface area contributed by atoms with E-state index in [9.17, 15) is 8.78 Å². The van der Waals surface area contributed by atoms with Crippen molar-refractivity contribution in [1.29, 1.82) is 0 Å². The molecule has 1 aromatic rings. The maximum atomic E-state index is 12.3. The standard InChI is InChI=1S/C6H7F2N3/c7-6(8)1-4(2-6)5-3-9-11-10-5/h3-4H,1-2H2,(H,9,10,11). The van der Waals surface area contributed by atoms with E-state index in [1.165, 1.54) is 0 Å². The summed E-state index contributed by atoms with van der Waals surface area (Å²) in [6, 6.07) is 0. The third-order valence-electron chi connectivity index (χ3n) is 1.94. The van der Waals surface area contributed by atoms with E-state index in [1.807, 2.05) is 0 Å². The van der Waals surface area contributed by atoms with Gasteiger partial charge in [-0.2, -0.15) is 0 Å². The zero-order valence-corrected chi connectivity index (χ0v) is 5.72.